The van der Waals surface area contributed by atoms with Crippen molar-refractivity contribution in [2.75, 3.05) is 18.0 Å². The Morgan fingerprint density at radius 1 is 1.14 bits per heavy atom. The van der Waals surface area contributed by atoms with Crippen molar-refractivity contribution in [3.05, 3.63) is 65.2 Å². The van der Waals surface area contributed by atoms with Gasteiger partial charge in [0.25, 0.3) is 0 Å². The van der Waals surface area contributed by atoms with Crippen LogP contribution in [-0.2, 0) is 6.54 Å². The van der Waals surface area contributed by atoms with Gasteiger partial charge in [0.15, 0.2) is 0 Å². The average Bonchev–Trinajstić information content (AvgIpc) is 2.87. The molecule has 1 heterocycles. The minimum absolute atomic E-state index is 0.532. The average molecular weight is 277 g/mol. The largest absolute Gasteiger partial charge is 0.366 e. The third-order valence-electron chi connectivity index (χ3n) is 4.13. The van der Waals surface area contributed by atoms with Crippen LogP contribution in [0.25, 0.3) is 0 Å². The molecule has 0 spiro atoms. The Morgan fingerprint density at radius 3 is 2.62 bits per heavy atom. The van der Waals surface area contributed by atoms with E-state index in [9.17, 15) is 0 Å². The van der Waals surface area contributed by atoms with Crippen LogP contribution in [0.2, 0.25) is 0 Å². The summed E-state index contributed by atoms with van der Waals surface area (Å²) in [6.45, 7) is 2.63. The molecular weight excluding hydrogens is 258 g/mol. The number of hydrogen-bond donors (Lipinski definition) is 1. The molecule has 0 saturated heterocycles. The van der Waals surface area contributed by atoms with E-state index < -0.39 is 0 Å². The van der Waals surface area contributed by atoms with Gasteiger partial charge in [-0.3, -0.25) is 0 Å². The molecule has 0 aliphatic carbocycles. The van der Waals surface area contributed by atoms with Gasteiger partial charge in [0.05, 0.1) is 11.6 Å². The van der Waals surface area contributed by atoms with E-state index >= 15 is 0 Å². The van der Waals surface area contributed by atoms with Crippen molar-refractivity contribution in [1.82, 2.24) is 0 Å². The van der Waals surface area contributed by atoms with Crippen molar-refractivity contribution in [3.8, 4) is 6.07 Å². The first-order valence-electron chi connectivity index (χ1n) is 7.35. The molecule has 2 N–H and O–H groups in total. The van der Waals surface area contributed by atoms with Gasteiger partial charge in [-0.25, -0.2) is 0 Å². The van der Waals surface area contributed by atoms with Crippen molar-refractivity contribution >= 4 is 5.69 Å². The topological polar surface area (TPSA) is 53.0 Å². The lowest BCUT2D eigenvalue weighted by Crippen LogP contribution is -2.22. The number of fused-ring (bicyclic) bond motifs is 1. The molecule has 1 aliphatic heterocycles. The van der Waals surface area contributed by atoms with Gasteiger partial charge in [-0.15, -0.1) is 0 Å². The van der Waals surface area contributed by atoms with Crippen LogP contribution in [0, 0.1) is 11.3 Å². The summed E-state index contributed by atoms with van der Waals surface area (Å²) in [6, 6.07) is 18.6. The fourth-order valence-corrected chi connectivity index (χ4v) is 3.09. The second-order valence-electron chi connectivity index (χ2n) is 5.52. The summed E-state index contributed by atoms with van der Waals surface area (Å²) < 4.78 is 0. The second-order valence-corrected chi connectivity index (χ2v) is 5.52. The third-order valence-corrected chi connectivity index (χ3v) is 4.13. The molecule has 0 bridgehead atoms. The van der Waals surface area contributed by atoms with Crippen molar-refractivity contribution in [3.63, 3.8) is 0 Å². The van der Waals surface area contributed by atoms with E-state index in [1.54, 1.807) is 0 Å². The Morgan fingerprint density at radius 2 is 1.90 bits per heavy atom. The van der Waals surface area contributed by atoms with E-state index in [-0.39, 0.29) is 0 Å². The van der Waals surface area contributed by atoms with Crippen LogP contribution >= 0.6 is 0 Å². The lowest BCUT2D eigenvalue weighted by Gasteiger charge is -2.20. The molecule has 21 heavy (non-hydrogen) atoms. The highest BCUT2D eigenvalue weighted by Crippen LogP contribution is 2.38. The fourth-order valence-electron chi connectivity index (χ4n) is 3.09. The van der Waals surface area contributed by atoms with E-state index in [2.05, 4.69) is 35.2 Å². The fraction of sp³-hybridized carbons (Fsp3) is 0.278. The van der Waals surface area contributed by atoms with Gasteiger partial charge < -0.3 is 10.6 Å². The normalized spacial score (nSPS) is 16.6. The molecular formula is C18H19N3. The molecule has 1 aliphatic rings. The monoisotopic (exact) mass is 277 g/mol. The van der Waals surface area contributed by atoms with E-state index in [1.165, 1.54) is 16.8 Å². The zero-order valence-electron chi connectivity index (χ0n) is 12.0. The smallest absolute Gasteiger partial charge is 0.0991 e. The highest BCUT2D eigenvalue weighted by molar-refractivity contribution is 5.60. The molecule has 0 radical (unpaired) electrons. The van der Waals surface area contributed by atoms with Crippen LogP contribution in [0.15, 0.2) is 48.5 Å². The van der Waals surface area contributed by atoms with Gasteiger partial charge >= 0.3 is 0 Å². The Bertz CT molecular complexity index is 655. The zero-order chi connectivity index (χ0) is 14.7. The minimum Gasteiger partial charge on any atom is -0.366 e. The number of rotatable bonds is 4. The number of nitrogens with zero attached hydrogens (tertiary/aromatic N) is 2. The minimum atomic E-state index is 0.532. The van der Waals surface area contributed by atoms with Crippen molar-refractivity contribution in [2.45, 2.75) is 18.9 Å². The van der Waals surface area contributed by atoms with Crippen LogP contribution in [0.4, 0.5) is 5.69 Å². The number of nitriles is 1. The van der Waals surface area contributed by atoms with Gasteiger partial charge in [-0.1, -0.05) is 30.3 Å². The van der Waals surface area contributed by atoms with Crippen LogP contribution < -0.4 is 10.6 Å². The maximum absolute atomic E-state index is 8.86. The highest BCUT2D eigenvalue weighted by Gasteiger charge is 2.27. The predicted octanol–water partition coefficient (Wildman–Crippen LogP) is 3.01. The Balaban J connectivity index is 1.81. The summed E-state index contributed by atoms with van der Waals surface area (Å²) in [6.07, 6.45) is 1.03. The van der Waals surface area contributed by atoms with E-state index in [4.69, 9.17) is 11.0 Å². The van der Waals surface area contributed by atoms with Crippen LogP contribution in [0.3, 0.4) is 0 Å². The quantitative estimate of drug-likeness (QED) is 0.934. The molecule has 2 aromatic rings. The molecule has 3 nitrogen and oxygen atoms in total. The van der Waals surface area contributed by atoms with Gasteiger partial charge in [-0.05, 0) is 42.3 Å². The summed E-state index contributed by atoms with van der Waals surface area (Å²) in [4.78, 5) is 2.41. The van der Waals surface area contributed by atoms with Gasteiger partial charge in [0, 0.05) is 24.7 Å². The number of para-hydroxylation sites is 1. The van der Waals surface area contributed by atoms with Gasteiger partial charge in [-0.2, -0.15) is 5.26 Å². The van der Waals surface area contributed by atoms with Gasteiger partial charge in [0.1, 0.15) is 0 Å². The molecule has 0 amide bonds. The molecule has 0 aromatic heterocycles. The van der Waals surface area contributed by atoms with Crippen molar-refractivity contribution < 1.29 is 0 Å². The molecule has 3 rings (SSSR count). The van der Waals surface area contributed by atoms with Crippen molar-refractivity contribution in [2.24, 2.45) is 5.73 Å². The first-order valence-corrected chi connectivity index (χ1v) is 7.35. The summed E-state index contributed by atoms with van der Waals surface area (Å²) in [7, 11) is 0. The Kier molecular flexibility index (Phi) is 3.89. The highest BCUT2D eigenvalue weighted by atomic mass is 15.2. The number of nitrogens with two attached hydrogens (primary N) is 1. The SMILES string of the molecule is N#Cc1ccc(CN2CC(CCN)c3ccccc32)cc1. The van der Waals surface area contributed by atoms with E-state index in [1.807, 2.05) is 24.3 Å². The number of benzene rings is 2. The first-order chi connectivity index (χ1) is 10.3. The van der Waals surface area contributed by atoms with Crippen LogP contribution in [0.1, 0.15) is 29.0 Å². The predicted molar refractivity (Wildman–Crippen MR) is 85.1 cm³/mol. The maximum atomic E-state index is 8.86. The summed E-state index contributed by atoms with van der Waals surface area (Å²) >= 11 is 0. The van der Waals surface area contributed by atoms with Crippen molar-refractivity contribution in [1.29, 1.82) is 5.26 Å². The Labute approximate surface area is 125 Å². The van der Waals surface area contributed by atoms with Crippen LogP contribution in [-0.4, -0.2) is 13.1 Å². The number of anilines is 1. The molecule has 3 heteroatoms. The second kappa shape index (κ2) is 5.99. The van der Waals surface area contributed by atoms with Gasteiger partial charge in [0.2, 0.25) is 0 Å². The molecule has 1 unspecified atom stereocenters. The summed E-state index contributed by atoms with van der Waals surface area (Å²) in [5, 5.41) is 8.86. The summed E-state index contributed by atoms with van der Waals surface area (Å²) in [5.74, 6) is 0.532. The van der Waals surface area contributed by atoms with E-state index in [0.717, 1.165) is 26.1 Å². The molecule has 0 saturated carbocycles. The maximum Gasteiger partial charge on any atom is 0.0991 e. The first kappa shape index (κ1) is 13.7. The zero-order valence-corrected chi connectivity index (χ0v) is 12.0. The number of hydrogen-bond acceptors (Lipinski definition) is 3. The molecule has 106 valence electrons. The molecule has 0 fully saturated rings. The lowest BCUT2D eigenvalue weighted by atomic mass is 9.98. The lowest BCUT2D eigenvalue weighted by molar-refractivity contribution is 0.644. The molecule has 1 atom stereocenters. The van der Waals surface area contributed by atoms with E-state index in [0.29, 0.717) is 11.5 Å². The Hall–Kier alpha value is -2.31. The molecule has 2 aromatic carbocycles. The summed E-state index contributed by atoms with van der Waals surface area (Å²) in [5.41, 5.74) is 10.4. The third kappa shape index (κ3) is 2.76. The van der Waals surface area contributed by atoms with Crippen LogP contribution in [0.5, 0.6) is 0 Å². The standard InChI is InChI=1S/C18H19N3/c19-10-9-16-13-21(18-4-2-1-3-17(16)18)12-15-7-5-14(11-20)6-8-15/h1-8,16H,9-10,12-13,19H2.